The van der Waals surface area contributed by atoms with Crippen molar-refractivity contribution in [2.45, 2.75) is 44.0 Å². The molecule has 0 aromatic heterocycles. The van der Waals surface area contributed by atoms with Crippen molar-refractivity contribution in [3.05, 3.63) is 12.2 Å². The van der Waals surface area contributed by atoms with Gasteiger partial charge in [-0.05, 0) is 19.3 Å². The Morgan fingerprint density at radius 3 is 3.13 bits per heavy atom. The first-order valence-corrected chi connectivity index (χ1v) is 8.59. The Kier molecular flexibility index (Phi) is 3.69. The van der Waals surface area contributed by atoms with Gasteiger partial charge < -0.3 is 19.1 Å². The number of amides is 1. The number of ether oxygens (including phenoxy) is 3. The Morgan fingerprint density at radius 2 is 2.39 bits per heavy atom. The molecule has 0 aliphatic carbocycles. The molecule has 4 rings (SSSR count). The van der Waals surface area contributed by atoms with E-state index in [2.05, 4.69) is 0 Å². The van der Waals surface area contributed by atoms with E-state index >= 15 is 0 Å². The molecule has 126 valence electrons. The minimum atomic E-state index is -0.643. The molecule has 0 aromatic rings. The second-order valence-electron chi connectivity index (χ2n) is 6.92. The van der Waals surface area contributed by atoms with Crippen LogP contribution in [0.5, 0.6) is 0 Å². The Bertz CT molecular complexity index is 541. The van der Waals surface area contributed by atoms with Crippen LogP contribution in [-0.4, -0.2) is 60.9 Å². The maximum absolute atomic E-state index is 12.9. The Hall–Kier alpha value is -1.40. The summed E-state index contributed by atoms with van der Waals surface area (Å²) < 4.78 is 17.0. The van der Waals surface area contributed by atoms with E-state index in [1.165, 1.54) is 0 Å². The first kappa shape index (κ1) is 15.1. The zero-order valence-electron chi connectivity index (χ0n) is 13.4. The molecule has 0 N–H and O–H groups in total. The molecule has 4 aliphatic heterocycles. The number of fused-ring (bicyclic) bond motifs is 1. The zero-order valence-corrected chi connectivity index (χ0v) is 13.4. The average molecular weight is 321 g/mol. The van der Waals surface area contributed by atoms with Gasteiger partial charge in [0.15, 0.2) is 0 Å². The van der Waals surface area contributed by atoms with E-state index in [0.717, 1.165) is 25.9 Å². The van der Waals surface area contributed by atoms with Crippen molar-refractivity contribution >= 4 is 11.9 Å². The molecule has 0 radical (unpaired) electrons. The lowest BCUT2D eigenvalue weighted by molar-refractivity contribution is -0.154. The third kappa shape index (κ3) is 2.31. The standard InChI is InChI=1S/C17H23NO5/c1-2-7-22-16(20)13-12-5-6-17(23-12)10-18(15(19)14(13)17)9-11-4-3-8-21-11/h5-6,11-14H,2-4,7-10H2,1H3/t11-,12-,13+,14-,17+/m0/s1. The van der Waals surface area contributed by atoms with Gasteiger partial charge in [-0.2, -0.15) is 0 Å². The van der Waals surface area contributed by atoms with Crippen LogP contribution in [0.1, 0.15) is 26.2 Å². The van der Waals surface area contributed by atoms with E-state index in [4.69, 9.17) is 14.2 Å². The zero-order chi connectivity index (χ0) is 16.0. The molecule has 0 saturated carbocycles. The van der Waals surface area contributed by atoms with Gasteiger partial charge in [0.1, 0.15) is 11.5 Å². The fourth-order valence-corrected chi connectivity index (χ4v) is 4.33. The quantitative estimate of drug-likeness (QED) is 0.556. The van der Waals surface area contributed by atoms with Crippen molar-refractivity contribution in [3.8, 4) is 0 Å². The molecule has 1 spiro atoms. The average Bonchev–Trinajstić information content (AvgIpc) is 3.28. The van der Waals surface area contributed by atoms with E-state index < -0.39 is 17.4 Å². The fourth-order valence-electron chi connectivity index (χ4n) is 4.33. The van der Waals surface area contributed by atoms with E-state index in [1.54, 1.807) is 0 Å². The molecule has 3 fully saturated rings. The van der Waals surface area contributed by atoms with Gasteiger partial charge in [0.2, 0.25) is 5.91 Å². The lowest BCUT2D eigenvalue weighted by Gasteiger charge is -2.23. The summed E-state index contributed by atoms with van der Waals surface area (Å²) in [7, 11) is 0. The van der Waals surface area contributed by atoms with Crippen molar-refractivity contribution < 1.29 is 23.8 Å². The van der Waals surface area contributed by atoms with Crippen LogP contribution in [0.4, 0.5) is 0 Å². The van der Waals surface area contributed by atoms with Crippen LogP contribution < -0.4 is 0 Å². The van der Waals surface area contributed by atoms with E-state index in [0.29, 0.717) is 19.7 Å². The largest absolute Gasteiger partial charge is 0.465 e. The molecule has 3 saturated heterocycles. The van der Waals surface area contributed by atoms with Crippen LogP contribution in [0.25, 0.3) is 0 Å². The molecule has 0 unspecified atom stereocenters. The monoisotopic (exact) mass is 321 g/mol. The Morgan fingerprint density at radius 1 is 1.52 bits per heavy atom. The molecular formula is C17H23NO5. The molecule has 2 bridgehead atoms. The SMILES string of the molecule is CCCOC(=O)[C@@H]1[C@@H]2C=C[C@]3(CN(C[C@@H]4CCCO4)C(=O)[C@H]13)O2. The highest BCUT2D eigenvalue weighted by Gasteiger charge is 2.67. The minimum absolute atomic E-state index is 0.00537. The summed E-state index contributed by atoms with van der Waals surface area (Å²) in [6, 6.07) is 0. The van der Waals surface area contributed by atoms with Gasteiger partial charge in [0.05, 0.1) is 31.3 Å². The molecular weight excluding hydrogens is 298 g/mol. The highest BCUT2D eigenvalue weighted by Crippen LogP contribution is 2.52. The third-order valence-corrected chi connectivity index (χ3v) is 5.35. The normalized spacial score (nSPS) is 40.9. The van der Waals surface area contributed by atoms with Crippen LogP contribution in [0.15, 0.2) is 12.2 Å². The summed E-state index contributed by atoms with van der Waals surface area (Å²) in [6.45, 7) is 4.22. The van der Waals surface area contributed by atoms with Crippen molar-refractivity contribution in [3.63, 3.8) is 0 Å². The van der Waals surface area contributed by atoms with Crippen molar-refractivity contribution in [2.75, 3.05) is 26.3 Å². The number of nitrogens with zero attached hydrogens (tertiary/aromatic N) is 1. The molecule has 0 aromatic carbocycles. The van der Waals surface area contributed by atoms with Crippen LogP contribution in [0, 0.1) is 11.8 Å². The molecule has 4 heterocycles. The van der Waals surface area contributed by atoms with E-state index in [-0.39, 0.29) is 24.1 Å². The lowest BCUT2D eigenvalue weighted by Crippen LogP contribution is -2.40. The minimum Gasteiger partial charge on any atom is -0.465 e. The van der Waals surface area contributed by atoms with Crippen LogP contribution >= 0.6 is 0 Å². The second kappa shape index (κ2) is 5.60. The van der Waals surface area contributed by atoms with Crippen molar-refractivity contribution in [1.82, 2.24) is 4.90 Å². The molecule has 1 amide bonds. The molecule has 4 aliphatic rings. The van der Waals surface area contributed by atoms with Crippen molar-refractivity contribution in [1.29, 1.82) is 0 Å². The Labute approximate surface area is 135 Å². The van der Waals surface area contributed by atoms with Crippen LogP contribution in [-0.2, 0) is 23.8 Å². The predicted octanol–water partition coefficient (Wildman–Crippen LogP) is 0.901. The smallest absolute Gasteiger partial charge is 0.312 e. The summed E-state index contributed by atoms with van der Waals surface area (Å²) in [4.78, 5) is 27.1. The van der Waals surface area contributed by atoms with Gasteiger partial charge in [-0.25, -0.2) is 0 Å². The van der Waals surface area contributed by atoms with E-state index in [1.807, 2.05) is 24.0 Å². The highest BCUT2D eigenvalue weighted by atomic mass is 16.6. The van der Waals surface area contributed by atoms with E-state index in [9.17, 15) is 9.59 Å². The van der Waals surface area contributed by atoms with Gasteiger partial charge in [0, 0.05) is 13.2 Å². The van der Waals surface area contributed by atoms with Crippen LogP contribution in [0.2, 0.25) is 0 Å². The lowest BCUT2D eigenvalue weighted by atomic mass is 9.77. The molecule has 6 nitrogen and oxygen atoms in total. The van der Waals surface area contributed by atoms with Gasteiger partial charge >= 0.3 is 5.97 Å². The summed E-state index contributed by atoms with van der Waals surface area (Å²) in [5, 5.41) is 0. The third-order valence-electron chi connectivity index (χ3n) is 5.35. The summed E-state index contributed by atoms with van der Waals surface area (Å²) in [5.41, 5.74) is -0.643. The number of rotatable bonds is 5. The maximum Gasteiger partial charge on any atom is 0.312 e. The number of likely N-dealkylation sites (tertiary alicyclic amines) is 1. The highest BCUT2D eigenvalue weighted by molar-refractivity contribution is 5.91. The number of carbonyl (C=O) groups excluding carboxylic acids is 2. The maximum atomic E-state index is 12.9. The molecule has 23 heavy (non-hydrogen) atoms. The Balaban J connectivity index is 1.52. The van der Waals surface area contributed by atoms with Crippen LogP contribution in [0.3, 0.4) is 0 Å². The second-order valence-corrected chi connectivity index (χ2v) is 6.92. The summed E-state index contributed by atoms with van der Waals surface area (Å²) in [5.74, 6) is -1.25. The molecule has 6 heteroatoms. The number of carbonyl (C=O) groups is 2. The van der Waals surface area contributed by atoms with Gasteiger partial charge in [0.25, 0.3) is 0 Å². The first-order chi connectivity index (χ1) is 11.1. The number of hydrogen-bond acceptors (Lipinski definition) is 5. The number of esters is 1. The first-order valence-electron chi connectivity index (χ1n) is 8.59. The van der Waals surface area contributed by atoms with Gasteiger partial charge in [-0.3, -0.25) is 9.59 Å². The fraction of sp³-hybridized carbons (Fsp3) is 0.765. The topological polar surface area (TPSA) is 65.1 Å². The van der Waals surface area contributed by atoms with Crippen molar-refractivity contribution in [2.24, 2.45) is 11.8 Å². The predicted molar refractivity (Wildman–Crippen MR) is 80.5 cm³/mol. The summed E-state index contributed by atoms with van der Waals surface area (Å²) in [6.07, 6.45) is 6.48. The molecule has 5 atom stereocenters. The van der Waals surface area contributed by atoms with Gasteiger partial charge in [-0.1, -0.05) is 19.1 Å². The van der Waals surface area contributed by atoms with Gasteiger partial charge in [-0.15, -0.1) is 0 Å². The summed E-state index contributed by atoms with van der Waals surface area (Å²) >= 11 is 0. The number of hydrogen-bond donors (Lipinski definition) is 0.